The average molecular weight is 639 g/mol. The Hall–Kier alpha value is 0.260. The minimum atomic E-state index is -4.45. The van der Waals surface area contributed by atoms with Crippen LogP contribution in [-0.2, 0) is 20.2 Å². The molecular formula is C32H48Na2O6S2. The van der Waals surface area contributed by atoms with Crippen molar-refractivity contribution in [2.45, 2.75) is 138 Å². The van der Waals surface area contributed by atoms with Crippen molar-refractivity contribution in [1.29, 1.82) is 0 Å². The zero-order valence-electron chi connectivity index (χ0n) is 26.4. The van der Waals surface area contributed by atoms with Gasteiger partial charge >= 0.3 is 59.1 Å². The van der Waals surface area contributed by atoms with Crippen molar-refractivity contribution in [2.24, 2.45) is 0 Å². The third kappa shape index (κ3) is 16.5. The van der Waals surface area contributed by atoms with E-state index in [4.69, 9.17) is 0 Å². The number of rotatable bonds is 21. The molecule has 0 radical (unpaired) electrons. The van der Waals surface area contributed by atoms with Gasteiger partial charge in [-0.1, -0.05) is 115 Å². The van der Waals surface area contributed by atoms with Gasteiger partial charge in [0, 0.05) is 0 Å². The Morgan fingerprint density at radius 1 is 0.476 bits per heavy atom. The van der Waals surface area contributed by atoms with E-state index in [1.165, 1.54) is 75.6 Å². The molecular weight excluding hydrogens is 590 g/mol. The molecule has 0 aliphatic carbocycles. The minimum absolute atomic E-state index is 0. The van der Waals surface area contributed by atoms with Crippen molar-refractivity contribution in [3.05, 3.63) is 59.7 Å². The van der Waals surface area contributed by atoms with Gasteiger partial charge in [0.1, 0.15) is 20.2 Å². The quantitative estimate of drug-likeness (QED) is 0.118. The zero-order valence-corrected chi connectivity index (χ0v) is 32.0. The van der Waals surface area contributed by atoms with Crippen molar-refractivity contribution >= 4 is 20.2 Å². The normalized spacial score (nSPS) is 13.1. The molecule has 0 saturated carbocycles. The van der Waals surface area contributed by atoms with Crippen LogP contribution >= 0.6 is 0 Å². The summed E-state index contributed by atoms with van der Waals surface area (Å²) >= 11 is 0. The Morgan fingerprint density at radius 3 is 1.00 bits per heavy atom. The SMILES string of the molecule is CCCCCCCC(CCCCC(CCCCCCC)c1ccc(S(=O)(=O)[O-])cc1)c1ccc(S(=O)(=O)[O-])cc1.[Na+].[Na+]. The smallest absolute Gasteiger partial charge is 0.744 e. The second-order valence-electron chi connectivity index (χ2n) is 11.1. The van der Waals surface area contributed by atoms with Gasteiger partial charge in [0.15, 0.2) is 0 Å². The van der Waals surface area contributed by atoms with Crippen molar-refractivity contribution < 1.29 is 85.1 Å². The van der Waals surface area contributed by atoms with Gasteiger partial charge in [-0.2, -0.15) is 0 Å². The summed E-state index contributed by atoms with van der Waals surface area (Å²) in [6.07, 6.45) is 18.1. The van der Waals surface area contributed by atoms with Crippen molar-refractivity contribution in [1.82, 2.24) is 0 Å². The van der Waals surface area contributed by atoms with Crippen molar-refractivity contribution in [3.63, 3.8) is 0 Å². The Balaban J connectivity index is 0.00000840. The van der Waals surface area contributed by atoms with Gasteiger partial charge in [-0.3, -0.25) is 0 Å². The molecule has 0 aliphatic heterocycles. The number of hydrogen-bond donors (Lipinski definition) is 0. The summed E-state index contributed by atoms with van der Waals surface area (Å²) in [6.45, 7) is 4.40. The van der Waals surface area contributed by atoms with E-state index in [2.05, 4.69) is 13.8 Å². The minimum Gasteiger partial charge on any atom is -0.744 e. The average Bonchev–Trinajstić information content (AvgIpc) is 2.92. The fraction of sp³-hybridized carbons (Fsp3) is 0.625. The molecule has 2 aromatic carbocycles. The Labute approximate surface area is 300 Å². The standard InChI is InChI=1S/C32H50O6S2.2Na/c1-3-5-7-9-11-15-27(29-19-23-31(24-20-29)39(33,34)35)17-13-14-18-28(16-12-10-8-6-4-2)30-21-25-32(26-22-30)40(36,37)38;;/h19-28H,3-18H2,1-2H3,(H,33,34,35)(H,36,37,38);;/q;2*+1/p-2. The van der Waals surface area contributed by atoms with Crippen molar-refractivity contribution in [3.8, 4) is 0 Å². The van der Waals surface area contributed by atoms with Gasteiger partial charge in [0.2, 0.25) is 0 Å². The van der Waals surface area contributed by atoms with Crippen LogP contribution in [0.1, 0.15) is 140 Å². The predicted octanol–water partition coefficient (Wildman–Crippen LogP) is 2.65. The summed E-state index contributed by atoms with van der Waals surface area (Å²) in [5.41, 5.74) is 2.18. The second-order valence-corrected chi connectivity index (χ2v) is 13.9. The molecule has 0 aromatic heterocycles. The number of hydrogen-bond acceptors (Lipinski definition) is 6. The molecule has 2 aromatic rings. The van der Waals surface area contributed by atoms with Crippen LogP contribution in [0.3, 0.4) is 0 Å². The van der Waals surface area contributed by atoms with Crippen LogP contribution in [0.25, 0.3) is 0 Å². The molecule has 0 amide bonds. The van der Waals surface area contributed by atoms with Gasteiger partial charge in [0.05, 0.1) is 9.79 Å². The van der Waals surface area contributed by atoms with Crippen molar-refractivity contribution in [2.75, 3.05) is 0 Å². The van der Waals surface area contributed by atoms with E-state index in [9.17, 15) is 25.9 Å². The predicted molar refractivity (Wildman–Crippen MR) is 160 cm³/mol. The van der Waals surface area contributed by atoms with Crippen LogP contribution in [0.5, 0.6) is 0 Å². The molecule has 0 heterocycles. The molecule has 0 bridgehead atoms. The molecule has 42 heavy (non-hydrogen) atoms. The van der Waals surface area contributed by atoms with E-state index in [0.29, 0.717) is 11.8 Å². The number of unbranched alkanes of at least 4 members (excludes halogenated alkanes) is 9. The zero-order chi connectivity index (χ0) is 29.4. The topological polar surface area (TPSA) is 114 Å². The second kappa shape index (κ2) is 22.7. The maximum absolute atomic E-state index is 11.4. The van der Waals surface area contributed by atoms with E-state index in [1.807, 2.05) is 0 Å². The Morgan fingerprint density at radius 2 is 0.738 bits per heavy atom. The summed E-state index contributed by atoms with van der Waals surface area (Å²) in [5, 5.41) is 0. The molecule has 0 spiro atoms. The van der Waals surface area contributed by atoms with E-state index < -0.39 is 20.2 Å². The molecule has 0 saturated heterocycles. The molecule has 2 unspecified atom stereocenters. The first-order valence-electron chi connectivity index (χ1n) is 15.2. The molecule has 0 N–H and O–H groups in total. The first-order chi connectivity index (χ1) is 19.1. The molecule has 0 aliphatic rings. The van der Waals surface area contributed by atoms with Crippen LogP contribution in [0.15, 0.2) is 58.3 Å². The molecule has 2 atom stereocenters. The summed E-state index contributed by atoms with van der Waals surface area (Å²) in [6, 6.07) is 12.9. The summed E-state index contributed by atoms with van der Waals surface area (Å²) < 4.78 is 68.2. The first kappa shape index (κ1) is 42.3. The molecule has 2 rings (SSSR count). The third-order valence-electron chi connectivity index (χ3n) is 7.95. The summed E-state index contributed by atoms with van der Waals surface area (Å²) in [5.74, 6) is 0.637. The largest absolute Gasteiger partial charge is 1.00 e. The summed E-state index contributed by atoms with van der Waals surface area (Å²) in [4.78, 5) is -0.369. The Bertz CT molecular complexity index is 1090. The monoisotopic (exact) mass is 638 g/mol. The molecule has 10 heteroatoms. The van der Waals surface area contributed by atoms with Crippen LogP contribution in [0.2, 0.25) is 0 Å². The summed E-state index contributed by atoms with van der Waals surface area (Å²) in [7, 11) is -8.91. The van der Waals surface area contributed by atoms with Gasteiger partial charge < -0.3 is 9.11 Å². The maximum Gasteiger partial charge on any atom is 1.00 e. The fourth-order valence-corrected chi connectivity index (χ4v) is 6.48. The van der Waals surface area contributed by atoms with Gasteiger partial charge in [-0.05, 0) is 72.9 Å². The van der Waals surface area contributed by atoms with E-state index in [1.54, 1.807) is 24.3 Å². The molecule has 6 nitrogen and oxygen atoms in total. The van der Waals surface area contributed by atoms with Gasteiger partial charge in [-0.25, -0.2) is 16.8 Å². The van der Waals surface area contributed by atoms with Crippen LogP contribution in [0, 0.1) is 0 Å². The van der Waals surface area contributed by atoms with Crippen LogP contribution in [0.4, 0.5) is 0 Å². The van der Waals surface area contributed by atoms with E-state index >= 15 is 0 Å². The van der Waals surface area contributed by atoms with Gasteiger partial charge in [0.25, 0.3) is 0 Å². The van der Waals surface area contributed by atoms with E-state index in [0.717, 1.165) is 62.5 Å². The van der Waals surface area contributed by atoms with E-state index in [-0.39, 0.29) is 68.9 Å². The fourth-order valence-electron chi connectivity index (χ4n) is 5.54. The number of benzene rings is 2. The van der Waals surface area contributed by atoms with Gasteiger partial charge in [-0.15, -0.1) is 0 Å². The first-order valence-corrected chi connectivity index (χ1v) is 18.0. The van der Waals surface area contributed by atoms with Crippen LogP contribution < -0.4 is 59.1 Å². The third-order valence-corrected chi connectivity index (χ3v) is 9.65. The Kier molecular flexibility index (Phi) is 22.9. The molecule has 226 valence electrons. The maximum atomic E-state index is 11.4. The molecule has 0 fully saturated rings. The van der Waals surface area contributed by atoms with Crippen LogP contribution in [-0.4, -0.2) is 25.9 Å².